The van der Waals surface area contributed by atoms with E-state index >= 15 is 0 Å². The van der Waals surface area contributed by atoms with E-state index in [1.165, 1.54) is 36.4 Å². The zero-order chi connectivity index (χ0) is 32.9. The predicted octanol–water partition coefficient (Wildman–Crippen LogP) is 7.51. The third-order valence-corrected chi connectivity index (χ3v) is 7.94. The second kappa shape index (κ2) is 11.7. The van der Waals surface area contributed by atoms with E-state index in [-0.39, 0.29) is 11.3 Å². The standard InChI is InChI=1S/C34H34ClF3N2O5/c1-7-44-26-15-21-16-32(2,3)39-28(27(21)24-17-33(4,5)45-29(24)26)20-10-13-23(30(41)43-6)25(14-20)40(31(42)34(36,37)38)18-19-8-11-22(35)12-9-19/h8-15H,7,16-18H2,1-6H3. The first-order valence-electron chi connectivity index (χ1n) is 14.5. The van der Waals surface area contributed by atoms with E-state index in [4.69, 9.17) is 30.8 Å². The molecule has 0 aliphatic carbocycles. The van der Waals surface area contributed by atoms with Gasteiger partial charge in [-0.1, -0.05) is 29.8 Å². The molecule has 5 rings (SSSR count). The van der Waals surface area contributed by atoms with Crippen LogP contribution in [0.5, 0.6) is 11.5 Å². The van der Waals surface area contributed by atoms with Crippen LogP contribution in [-0.2, 0) is 28.9 Å². The van der Waals surface area contributed by atoms with Crippen LogP contribution in [0.3, 0.4) is 0 Å². The van der Waals surface area contributed by atoms with Gasteiger partial charge in [0.15, 0.2) is 11.5 Å². The first kappa shape index (κ1) is 32.3. The average Bonchev–Trinajstić information content (AvgIpc) is 3.29. The van der Waals surface area contributed by atoms with Gasteiger partial charge in [0.2, 0.25) is 0 Å². The Balaban J connectivity index is 1.74. The molecule has 0 aromatic heterocycles. The van der Waals surface area contributed by atoms with Gasteiger partial charge in [-0.15, -0.1) is 0 Å². The van der Waals surface area contributed by atoms with Crippen LogP contribution in [0.2, 0.25) is 5.02 Å². The topological polar surface area (TPSA) is 77.4 Å². The van der Waals surface area contributed by atoms with Crippen LogP contribution in [0, 0.1) is 0 Å². The number of hydrogen-bond donors (Lipinski definition) is 0. The fourth-order valence-corrected chi connectivity index (χ4v) is 6.04. The minimum absolute atomic E-state index is 0.204. The molecule has 0 N–H and O–H groups in total. The largest absolute Gasteiger partial charge is 0.490 e. The molecule has 11 heteroatoms. The van der Waals surface area contributed by atoms with Crippen molar-refractivity contribution in [3.63, 3.8) is 0 Å². The molecule has 3 aromatic carbocycles. The summed E-state index contributed by atoms with van der Waals surface area (Å²) in [5, 5.41) is 0.383. The van der Waals surface area contributed by atoms with E-state index in [0.717, 1.165) is 23.8 Å². The van der Waals surface area contributed by atoms with Crippen LogP contribution in [0.15, 0.2) is 53.5 Å². The number of hydrogen-bond acceptors (Lipinski definition) is 6. The van der Waals surface area contributed by atoms with Gasteiger partial charge in [0, 0.05) is 28.1 Å². The summed E-state index contributed by atoms with van der Waals surface area (Å²) in [6.07, 6.45) is -4.10. The monoisotopic (exact) mass is 642 g/mol. The molecule has 45 heavy (non-hydrogen) atoms. The number of aliphatic imine (C=N–C) groups is 1. The van der Waals surface area contributed by atoms with Crippen LogP contribution in [0.4, 0.5) is 18.9 Å². The van der Waals surface area contributed by atoms with Crippen molar-refractivity contribution in [2.24, 2.45) is 4.99 Å². The normalized spacial score (nSPS) is 16.2. The molecule has 0 unspecified atom stereocenters. The molecule has 2 heterocycles. The Hall–Kier alpha value is -4.05. The Kier molecular flexibility index (Phi) is 8.42. The summed E-state index contributed by atoms with van der Waals surface area (Å²) in [6.45, 7) is 9.73. The molecule has 238 valence electrons. The predicted molar refractivity (Wildman–Crippen MR) is 166 cm³/mol. The second-order valence-corrected chi connectivity index (χ2v) is 12.8. The number of amides is 1. The van der Waals surface area contributed by atoms with Crippen LogP contribution in [-0.4, -0.2) is 48.6 Å². The van der Waals surface area contributed by atoms with Crippen molar-refractivity contribution in [2.75, 3.05) is 18.6 Å². The number of carbonyl (C=O) groups excluding carboxylic acids is 2. The molecule has 0 atom stereocenters. The molecule has 7 nitrogen and oxygen atoms in total. The van der Waals surface area contributed by atoms with Crippen molar-refractivity contribution in [3.8, 4) is 11.5 Å². The summed E-state index contributed by atoms with van der Waals surface area (Å²) in [5.41, 5.74) is 2.39. The highest BCUT2D eigenvalue weighted by atomic mass is 35.5. The molecule has 2 aliphatic heterocycles. The molecule has 0 radical (unpaired) electrons. The summed E-state index contributed by atoms with van der Waals surface area (Å²) in [7, 11) is 1.13. The number of halogens is 4. The molecule has 2 aliphatic rings. The SMILES string of the molecule is CCOc1cc2c(c3c1OC(C)(C)C3)C(c1ccc(C(=O)OC)c(N(Cc3ccc(Cl)cc3)C(=O)C(F)(F)F)c1)=NC(C)(C)C2. The Morgan fingerprint density at radius 2 is 1.73 bits per heavy atom. The van der Waals surface area contributed by atoms with Crippen molar-refractivity contribution in [1.82, 2.24) is 0 Å². The molecule has 0 spiro atoms. The second-order valence-electron chi connectivity index (χ2n) is 12.4. The first-order chi connectivity index (χ1) is 21.0. The number of rotatable bonds is 7. The Morgan fingerprint density at radius 1 is 1.04 bits per heavy atom. The maximum absolute atomic E-state index is 14.1. The number of benzene rings is 3. The number of alkyl halides is 3. The molecule has 0 saturated heterocycles. The number of fused-ring (bicyclic) bond motifs is 3. The first-order valence-corrected chi connectivity index (χ1v) is 14.9. The van der Waals surface area contributed by atoms with Gasteiger partial charge in [-0.05, 0) is 82.5 Å². The van der Waals surface area contributed by atoms with Gasteiger partial charge in [0.25, 0.3) is 0 Å². The Morgan fingerprint density at radius 3 is 2.36 bits per heavy atom. The van der Waals surface area contributed by atoms with Crippen molar-refractivity contribution in [2.45, 2.75) is 71.3 Å². The number of nitrogens with zero attached hydrogens (tertiary/aromatic N) is 2. The molecular formula is C34H34ClF3N2O5. The van der Waals surface area contributed by atoms with Crippen molar-refractivity contribution in [3.05, 3.63) is 86.9 Å². The van der Waals surface area contributed by atoms with Gasteiger partial charge in [0.05, 0.1) is 42.8 Å². The molecule has 0 fully saturated rings. The summed E-state index contributed by atoms with van der Waals surface area (Å²) in [5.74, 6) is -1.80. The van der Waals surface area contributed by atoms with E-state index in [0.29, 0.717) is 57.7 Å². The van der Waals surface area contributed by atoms with Crippen molar-refractivity contribution >= 4 is 34.9 Å². The van der Waals surface area contributed by atoms with Gasteiger partial charge >= 0.3 is 18.1 Å². The zero-order valence-corrected chi connectivity index (χ0v) is 26.7. The average molecular weight is 643 g/mol. The minimum atomic E-state index is -5.23. The van der Waals surface area contributed by atoms with Crippen LogP contribution < -0.4 is 14.4 Å². The number of carbonyl (C=O) groups is 2. The van der Waals surface area contributed by atoms with E-state index < -0.39 is 35.7 Å². The lowest BCUT2D eigenvalue weighted by Gasteiger charge is -2.32. The van der Waals surface area contributed by atoms with Gasteiger partial charge in [-0.2, -0.15) is 13.2 Å². The lowest BCUT2D eigenvalue weighted by Crippen LogP contribution is -2.41. The summed E-state index contributed by atoms with van der Waals surface area (Å²) in [6, 6.07) is 12.4. The van der Waals surface area contributed by atoms with Crippen LogP contribution in [0.1, 0.15) is 72.8 Å². The summed E-state index contributed by atoms with van der Waals surface area (Å²) >= 11 is 5.99. The third-order valence-electron chi connectivity index (χ3n) is 7.69. The van der Waals surface area contributed by atoms with Crippen LogP contribution >= 0.6 is 11.6 Å². The quantitative estimate of drug-likeness (QED) is 0.249. The fraction of sp³-hybridized carbons (Fsp3) is 0.382. The Labute approximate surface area is 264 Å². The van der Waals surface area contributed by atoms with E-state index in [1.807, 2.05) is 40.7 Å². The maximum atomic E-state index is 14.1. The minimum Gasteiger partial charge on any atom is -0.490 e. The lowest BCUT2D eigenvalue weighted by atomic mass is 9.80. The fourth-order valence-electron chi connectivity index (χ4n) is 5.92. The van der Waals surface area contributed by atoms with E-state index in [2.05, 4.69) is 0 Å². The van der Waals surface area contributed by atoms with Crippen molar-refractivity contribution in [1.29, 1.82) is 0 Å². The smallest absolute Gasteiger partial charge is 0.471 e. The lowest BCUT2D eigenvalue weighted by molar-refractivity contribution is -0.170. The van der Waals surface area contributed by atoms with E-state index in [9.17, 15) is 22.8 Å². The Bertz CT molecular complexity index is 1700. The van der Waals surface area contributed by atoms with Gasteiger partial charge in [-0.25, -0.2) is 4.79 Å². The maximum Gasteiger partial charge on any atom is 0.471 e. The highest BCUT2D eigenvalue weighted by molar-refractivity contribution is 6.30. The highest BCUT2D eigenvalue weighted by Crippen LogP contribution is 2.48. The molecule has 1 amide bonds. The number of esters is 1. The third kappa shape index (κ3) is 6.52. The van der Waals surface area contributed by atoms with Gasteiger partial charge in [0.1, 0.15) is 5.60 Å². The van der Waals surface area contributed by atoms with E-state index in [1.54, 1.807) is 6.07 Å². The zero-order valence-electron chi connectivity index (χ0n) is 25.9. The number of methoxy groups -OCH3 is 1. The van der Waals surface area contributed by atoms with Gasteiger partial charge in [-0.3, -0.25) is 14.7 Å². The van der Waals surface area contributed by atoms with Crippen LogP contribution in [0.25, 0.3) is 0 Å². The number of anilines is 1. The summed E-state index contributed by atoms with van der Waals surface area (Å²) in [4.78, 5) is 31.5. The molecule has 3 aromatic rings. The molecule has 0 bridgehead atoms. The van der Waals surface area contributed by atoms with Gasteiger partial charge < -0.3 is 14.2 Å². The molecular weight excluding hydrogens is 609 g/mol. The molecule has 0 saturated carbocycles. The van der Waals surface area contributed by atoms with Crippen molar-refractivity contribution < 1.29 is 37.0 Å². The summed E-state index contributed by atoms with van der Waals surface area (Å²) < 4.78 is 59.4. The highest BCUT2D eigenvalue weighted by Gasteiger charge is 2.45. The number of ether oxygens (including phenoxy) is 3.